The lowest BCUT2D eigenvalue weighted by Crippen LogP contribution is -1.94. The van der Waals surface area contributed by atoms with Crippen LogP contribution in [0.5, 0.6) is 5.75 Å². The number of ether oxygens (including phenoxy) is 1. The lowest BCUT2D eigenvalue weighted by Gasteiger charge is -2.08. The summed E-state index contributed by atoms with van der Waals surface area (Å²) in [5, 5.41) is 11.3. The summed E-state index contributed by atoms with van der Waals surface area (Å²) in [6, 6.07) is 7.43. The van der Waals surface area contributed by atoms with Crippen molar-refractivity contribution in [3.05, 3.63) is 50.6 Å². The Labute approximate surface area is 118 Å². The van der Waals surface area contributed by atoms with Gasteiger partial charge in [0.05, 0.1) is 23.8 Å². The second kappa shape index (κ2) is 5.42. The van der Waals surface area contributed by atoms with E-state index in [1.54, 1.807) is 18.2 Å². The summed E-state index contributed by atoms with van der Waals surface area (Å²) in [5.41, 5.74) is 0.733. The van der Waals surface area contributed by atoms with Gasteiger partial charge in [-0.15, -0.1) is 0 Å². The molecule has 0 atom stereocenters. The number of pyridine rings is 1. The minimum atomic E-state index is -0.534. The molecule has 2 aromatic rings. The number of methoxy groups -OCH3 is 1. The first-order valence-electron chi connectivity index (χ1n) is 5.17. The maximum atomic E-state index is 10.8. The Morgan fingerprint density at radius 1 is 1.26 bits per heavy atom. The second-order valence-electron chi connectivity index (χ2n) is 3.64. The van der Waals surface area contributed by atoms with E-state index in [0.717, 1.165) is 0 Å². The molecule has 0 aliphatic rings. The van der Waals surface area contributed by atoms with E-state index in [0.29, 0.717) is 22.0 Å². The molecule has 0 aliphatic heterocycles. The van der Waals surface area contributed by atoms with Gasteiger partial charge in [0.15, 0.2) is 0 Å². The lowest BCUT2D eigenvalue weighted by atomic mass is 10.1. The highest BCUT2D eigenvalue weighted by molar-refractivity contribution is 6.31. The van der Waals surface area contributed by atoms with Crippen molar-refractivity contribution < 1.29 is 9.66 Å². The molecule has 0 N–H and O–H groups in total. The van der Waals surface area contributed by atoms with E-state index in [9.17, 15) is 10.1 Å². The number of aromatic nitrogens is 1. The number of nitrogens with zero attached hydrogens (tertiary/aromatic N) is 2. The average molecular weight is 299 g/mol. The Morgan fingerprint density at radius 2 is 2.00 bits per heavy atom. The fourth-order valence-electron chi connectivity index (χ4n) is 1.61. The molecule has 7 heteroatoms. The van der Waals surface area contributed by atoms with Gasteiger partial charge in [-0.3, -0.25) is 10.1 Å². The molecule has 5 nitrogen and oxygen atoms in total. The fourth-order valence-corrected chi connectivity index (χ4v) is 1.98. The maximum absolute atomic E-state index is 10.8. The molecule has 2 rings (SSSR count). The van der Waals surface area contributed by atoms with Gasteiger partial charge in [0.25, 0.3) is 5.69 Å². The van der Waals surface area contributed by atoms with Gasteiger partial charge >= 0.3 is 0 Å². The number of rotatable bonds is 3. The lowest BCUT2D eigenvalue weighted by molar-refractivity contribution is -0.384. The third-order valence-electron chi connectivity index (χ3n) is 2.43. The van der Waals surface area contributed by atoms with Crippen molar-refractivity contribution >= 4 is 28.9 Å². The van der Waals surface area contributed by atoms with Gasteiger partial charge in [-0.1, -0.05) is 23.2 Å². The maximum Gasteiger partial charge on any atom is 0.274 e. The standard InChI is InChI=1S/C12H8Cl2N2O3/c1-19-11-3-2-7(13)4-9(11)10-5-8(16(17)18)6-12(14)15-10/h2-6H,1H3. The van der Waals surface area contributed by atoms with Gasteiger partial charge in [-0.25, -0.2) is 4.98 Å². The highest BCUT2D eigenvalue weighted by Crippen LogP contribution is 2.33. The third kappa shape index (κ3) is 2.94. The SMILES string of the molecule is COc1ccc(Cl)cc1-c1cc([N+](=O)[O-])cc(Cl)n1. The topological polar surface area (TPSA) is 65.3 Å². The Morgan fingerprint density at radius 3 is 2.63 bits per heavy atom. The molecular weight excluding hydrogens is 291 g/mol. The first kappa shape index (κ1) is 13.6. The number of nitro groups is 1. The van der Waals surface area contributed by atoms with Crippen LogP contribution in [0.1, 0.15) is 0 Å². The summed E-state index contributed by atoms with van der Waals surface area (Å²) in [6.07, 6.45) is 0. The monoisotopic (exact) mass is 298 g/mol. The number of hydrogen-bond acceptors (Lipinski definition) is 4. The van der Waals surface area contributed by atoms with Crippen LogP contribution < -0.4 is 4.74 Å². The molecule has 0 saturated carbocycles. The molecule has 98 valence electrons. The molecule has 0 bridgehead atoms. The third-order valence-corrected chi connectivity index (χ3v) is 2.86. The summed E-state index contributed by atoms with van der Waals surface area (Å²) in [4.78, 5) is 14.3. The predicted molar refractivity (Wildman–Crippen MR) is 72.9 cm³/mol. The van der Waals surface area contributed by atoms with Crippen molar-refractivity contribution in [2.24, 2.45) is 0 Å². The van der Waals surface area contributed by atoms with E-state index in [1.165, 1.54) is 19.2 Å². The van der Waals surface area contributed by atoms with Gasteiger partial charge in [0.1, 0.15) is 10.9 Å². The Bertz CT molecular complexity index is 647. The van der Waals surface area contributed by atoms with Gasteiger partial charge in [0.2, 0.25) is 0 Å². The molecule has 0 unspecified atom stereocenters. The van der Waals surface area contributed by atoms with E-state index in [2.05, 4.69) is 4.98 Å². The second-order valence-corrected chi connectivity index (χ2v) is 4.46. The zero-order chi connectivity index (χ0) is 14.0. The molecule has 0 fully saturated rings. The Balaban J connectivity index is 2.64. The highest BCUT2D eigenvalue weighted by Gasteiger charge is 2.15. The summed E-state index contributed by atoms with van der Waals surface area (Å²) in [5.74, 6) is 0.508. The number of benzene rings is 1. The number of hydrogen-bond donors (Lipinski definition) is 0. The molecule has 0 aliphatic carbocycles. The average Bonchev–Trinajstić information content (AvgIpc) is 2.37. The van der Waals surface area contributed by atoms with Crippen LogP contribution in [-0.2, 0) is 0 Å². The zero-order valence-electron chi connectivity index (χ0n) is 9.76. The minimum Gasteiger partial charge on any atom is -0.496 e. The van der Waals surface area contributed by atoms with E-state index in [1.807, 2.05) is 0 Å². The van der Waals surface area contributed by atoms with Crippen molar-refractivity contribution in [3.63, 3.8) is 0 Å². The first-order valence-corrected chi connectivity index (χ1v) is 5.92. The predicted octanol–water partition coefficient (Wildman–Crippen LogP) is 3.97. The summed E-state index contributed by atoms with van der Waals surface area (Å²) in [6.45, 7) is 0. The molecule has 19 heavy (non-hydrogen) atoms. The summed E-state index contributed by atoms with van der Waals surface area (Å²) in [7, 11) is 1.49. The molecule has 1 aromatic carbocycles. The van der Waals surface area contributed by atoms with Gasteiger partial charge in [0, 0.05) is 16.7 Å². The van der Waals surface area contributed by atoms with E-state index in [-0.39, 0.29) is 10.8 Å². The van der Waals surface area contributed by atoms with E-state index >= 15 is 0 Å². The smallest absolute Gasteiger partial charge is 0.274 e. The van der Waals surface area contributed by atoms with Crippen LogP contribution in [0.15, 0.2) is 30.3 Å². The molecule has 0 amide bonds. The largest absolute Gasteiger partial charge is 0.496 e. The van der Waals surface area contributed by atoms with E-state index < -0.39 is 4.92 Å². The van der Waals surface area contributed by atoms with Crippen LogP contribution in [0.3, 0.4) is 0 Å². The summed E-state index contributed by atoms with van der Waals surface area (Å²) >= 11 is 11.7. The molecule has 1 aromatic heterocycles. The van der Waals surface area contributed by atoms with Crippen molar-refractivity contribution in [2.45, 2.75) is 0 Å². The highest BCUT2D eigenvalue weighted by atomic mass is 35.5. The quantitative estimate of drug-likeness (QED) is 0.488. The molecule has 0 radical (unpaired) electrons. The van der Waals surface area contributed by atoms with Crippen LogP contribution >= 0.6 is 23.2 Å². The summed E-state index contributed by atoms with van der Waals surface area (Å²) < 4.78 is 5.18. The molecule has 1 heterocycles. The Hall–Kier alpha value is -1.85. The normalized spacial score (nSPS) is 10.3. The van der Waals surface area contributed by atoms with Gasteiger partial charge < -0.3 is 4.74 Å². The van der Waals surface area contributed by atoms with Crippen LogP contribution in [0, 0.1) is 10.1 Å². The van der Waals surface area contributed by atoms with Crippen molar-refractivity contribution in [1.29, 1.82) is 0 Å². The molecule has 0 saturated heterocycles. The number of halogens is 2. The molecule has 0 spiro atoms. The van der Waals surface area contributed by atoms with Crippen LogP contribution in [-0.4, -0.2) is 17.0 Å². The fraction of sp³-hybridized carbons (Fsp3) is 0.0833. The van der Waals surface area contributed by atoms with E-state index in [4.69, 9.17) is 27.9 Å². The Kier molecular flexibility index (Phi) is 3.87. The van der Waals surface area contributed by atoms with Crippen LogP contribution in [0.25, 0.3) is 11.3 Å². The van der Waals surface area contributed by atoms with Crippen LogP contribution in [0.2, 0.25) is 10.2 Å². The van der Waals surface area contributed by atoms with Crippen molar-refractivity contribution in [3.8, 4) is 17.0 Å². The first-order chi connectivity index (χ1) is 9.01. The van der Waals surface area contributed by atoms with Crippen LogP contribution in [0.4, 0.5) is 5.69 Å². The molecular formula is C12H8Cl2N2O3. The van der Waals surface area contributed by atoms with Crippen molar-refractivity contribution in [1.82, 2.24) is 4.98 Å². The van der Waals surface area contributed by atoms with Gasteiger partial charge in [-0.05, 0) is 18.2 Å². The zero-order valence-corrected chi connectivity index (χ0v) is 11.3. The minimum absolute atomic E-state index is 0.0335. The van der Waals surface area contributed by atoms with Crippen molar-refractivity contribution in [2.75, 3.05) is 7.11 Å². The van der Waals surface area contributed by atoms with Gasteiger partial charge in [-0.2, -0.15) is 0 Å².